The van der Waals surface area contributed by atoms with Gasteiger partial charge in [0.15, 0.2) is 0 Å². The lowest BCUT2D eigenvalue weighted by Gasteiger charge is -2.08. The first-order valence-corrected chi connectivity index (χ1v) is 4.06. The number of nitrogens with one attached hydrogen (secondary N) is 1. The first-order chi connectivity index (χ1) is 6.18. The van der Waals surface area contributed by atoms with Gasteiger partial charge in [0.25, 0.3) is 0 Å². The van der Waals surface area contributed by atoms with Gasteiger partial charge >= 0.3 is 6.09 Å². The highest BCUT2D eigenvalue weighted by Crippen LogP contribution is 2.03. The maximum absolute atomic E-state index is 11.1. The topological polar surface area (TPSA) is 51.2 Å². The second-order valence-corrected chi connectivity index (χ2v) is 2.82. The summed E-state index contributed by atoms with van der Waals surface area (Å²) in [5.41, 5.74) is 0.633. The molecule has 70 valence electrons. The highest BCUT2D eigenvalue weighted by molar-refractivity contribution is 5.84. The van der Waals surface area contributed by atoms with Gasteiger partial charge in [-0.1, -0.05) is 0 Å². The van der Waals surface area contributed by atoms with Crippen molar-refractivity contribution in [3.8, 4) is 0 Å². The summed E-state index contributed by atoms with van der Waals surface area (Å²) in [7, 11) is 0. The Bertz CT molecular complexity index is 272. The van der Waals surface area contributed by atoms with Crippen LogP contribution in [0.15, 0.2) is 24.5 Å². The van der Waals surface area contributed by atoms with Crippen LogP contribution < -0.4 is 5.32 Å². The molecule has 0 aliphatic heterocycles. The van der Waals surface area contributed by atoms with Crippen LogP contribution >= 0.6 is 0 Å². The van der Waals surface area contributed by atoms with Gasteiger partial charge < -0.3 is 4.74 Å². The fourth-order valence-corrected chi connectivity index (χ4v) is 0.798. The molecule has 0 aliphatic rings. The summed E-state index contributed by atoms with van der Waals surface area (Å²) < 4.78 is 4.88. The number of carbonyl (C=O) groups excluding carboxylic acids is 1. The quantitative estimate of drug-likeness (QED) is 0.757. The Morgan fingerprint density at radius 1 is 1.62 bits per heavy atom. The molecule has 0 aliphatic carbocycles. The third-order valence-electron chi connectivity index (χ3n) is 1.25. The van der Waals surface area contributed by atoms with Gasteiger partial charge in [-0.05, 0) is 26.0 Å². The lowest BCUT2D eigenvalue weighted by Crippen LogP contribution is -2.17. The summed E-state index contributed by atoms with van der Waals surface area (Å²) in [6.45, 7) is 3.59. The van der Waals surface area contributed by atoms with E-state index in [4.69, 9.17) is 4.74 Å². The van der Waals surface area contributed by atoms with Gasteiger partial charge in [0.1, 0.15) is 0 Å². The first-order valence-electron chi connectivity index (χ1n) is 4.06. The second-order valence-electron chi connectivity index (χ2n) is 2.82. The van der Waals surface area contributed by atoms with Crippen molar-refractivity contribution in [2.75, 3.05) is 5.32 Å². The van der Waals surface area contributed by atoms with Crippen LogP contribution in [-0.4, -0.2) is 17.2 Å². The van der Waals surface area contributed by atoms with E-state index in [-0.39, 0.29) is 6.10 Å². The lowest BCUT2D eigenvalue weighted by molar-refractivity contribution is 0.130. The average Bonchev–Trinajstić information content (AvgIpc) is 2.04. The van der Waals surface area contributed by atoms with Crippen LogP contribution in [0.3, 0.4) is 0 Å². The van der Waals surface area contributed by atoms with Crippen LogP contribution in [0.5, 0.6) is 0 Å². The Balaban J connectivity index is 2.46. The normalized spacial score (nSPS) is 9.77. The summed E-state index contributed by atoms with van der Waals surface area (Å²) >= 11 is 0. The molecule has 1 aromatic heterocycles. The minimum atomic E-state index is -0.456. The van der Waals surface area contributed by atoms with E-state index >= 15 is 0 Å². The first kappa shape index (κ1) is 9.51. The van der Waals surface area contributed by atoms with Crippen LogP contribution in [-0.2, 0) is 4.74 Å². The number of rotatable bonds is 2. The minimum absolute atomic E-state index is 0.114. The van der Waals surface area contributed by atoms with E-state index in [1.165, 1.54) is 0 Å². The molecule has 0 radical (unpaired) electrons. The van der Waals surface area contributed by atoms with E-state index in [1.807, 2.05) is 0 Å². The van der Waals surface area contributed by atoms with E-state index in [0.29, 0.717) is 5.69 Å². The molecular formula is C9H12N2O2. The third-order valence-corrected chi connectivity index (χ3v) is 1.25. The smallest absolute Gasteiger partial charge is 0.411 e. The van der Waals surface area contributed by atoms with Crippen molar-refractivity contribution >= 4 is 11.8 Å². The molecule has 0 aromatic carbocycles. The third kappa shape index (κ3) is 3.55. The number of hydrogen-bond acceptors (Lipinski definition) is 3. The second kappa shape index (κ2) is 4.45. The summed E-state index contributed by atoms with van der Waals surface area (Å²) in [5, 5.41) is 2.55. The number of pyridine rings is 1. The number of ether oxygens (including phenoxy) is 1. The summed E-state index contributed by atoms with van der Waals surface area (Å²) in [5.74, 6) is 0. The zero-order chi connectivity index (χ0) is 9.68. The summed E-state index contributed by atoms with van der Waals surface area (Å²) in [6.07, 6.45) is 2.63. The van der Waals surface area contributed by atoms with Crippen molar-refractivity contribution in [3.63, 3.8) is 0 Å². The molecule has 4 nitrogen and oxygen atoms in total. The minimum Gasteiger partial charge on any atom is -0.447 e. The molecule has 13 heavy (non-hydrogen) atoms. The highest BCUT2D eigenvalue weighted by atomic mass is 16.6. The molecule has 0 spiro atoms. The zero-order valence-corrected chi connectivity index (χ0v) is 7.65. The van der Waals surface area contributed by atoms with Gasteiger partial charge in [0.05, 0.1) is 18.0 Å². The van der Waals surface area contributed by atoms with Crippen molar-refractivity contribution < 1.29 is 9.53 Å². The molecule has 1 amide bonds. The Morgan fingerprint density at radius 2 is 2.38 bits per heavy atom. The monoisotopic (exact) mass is 180 g/mol. The molecule has 4 heteroatoms. The zero-order valence-electron chi connectivity index (χ0n) is 7.65. The maximum atomic E-state index is 11.1. The van der Waals surface area contributed by atoms with Crippen molar-refractivity contribution in [3.05, 3.63) is 24.5 Å². The number of hydrogen-bond donors (Lipinski definition) is 1. The molecule has 0 fully saturated rings. The summed E-state index contributed by atoms with van der Waals surface area (Å²) in [4.78, 5) is 14.9. The van der Waals surface area contributed by atoms with Gasteiger partial charge in [0.2, 0.25) is 0 Å². The molecule has 1 heterocycles. The molecular weight excluding hydrogens is 168 g/mol. The fraction of sp³-hybridized carbons (Fsp3) is 0.333. The predicted octanol–water partition coefficient (Wildman–Crippen LogP) is 2.04. The molecule has 0 saturated heterocycles. The lowest BCUT2D eigenvalue weighted by atomic mass is 10.4. The van der Waals surface area contributed by atoms with Gasteiger partial charge in [-0.25, -0.2) is 4.79 Å². The largest absolute Gasteiger partial charge is 0.447 e. The SMILES string of the molecule is CC(C)OC(=O)Nc1cccnc1. The standard InChI is InChI=1S/C9H12N2O2/c1-7(2)13-9(12)11-8-4-3-5-10-6-8/h3-7H,1-2H3,(H,11,12). The Kier molecular flexibility index (Phi) is 3.25. The molecule has 0 saturated carbocycles. The number of anilines is 1. The van der Waals surface area contributed by atoms with E-state index in [1.54, 1.807) is 38.4 Å². The predicted molar refractivity (Wildman–Crippen MR) is 49.5 cm³/mol. The molecule has 1 N–H and O–H groups in total. The van der Waals surface area contributed by atoms with Gasteiger partial charge in [-0.3, -0.25) is 10.3 Å². The van der Waals surface area contributed by atoms with Crippen LogP contribution in [0, 0.1) is 0 Å². The molecule has 0 atom stereocenters. The van der Waals surface area contributed by atoms with Crippen molar-refractivity contribution in [1.29, 1.82) is 0 Å². The summed E-state index contributed by atoms with van der Waals surface area (Å²) in [6, 6.07) is 3.49. The fourth-order valence-electron chi connectivity index (χ4n) is 0.798. The van der Waals surface area contributed by atoms with Gasteiger partial charge in [0, 0.05) is 6.20 Å². The molecule has 1 aromatic rings. The maximum Gasteiger partial charge on any atom is 0.411 e. The number of nitrogens with zero attached hydrogens (tertiary/aromatic N) is 1. The van der Waals surface area contributed by atoms with Crippen molar-refractivity contribution in [1.82, 2.24) is 4.98 Å². The molecule has 1 rings (SSSR count). The average molecular weight is 180 g/mol. The number of amides is 1. The van der Waals surface area contributed by atoms with E-state index < -0.39 is 6.09 Å². The van der Waals surface area contributed by atoms with E-state index in [0.717, 1.165) is 0 Å². The van der Waals surface area contributed by atoms with Crippen LogP contribution in [0.2, 0.25) is 0 Å². The Labute approximate surface area is 76.9 Å². The van der Waals surface area contributed by atoms with E-state index in [9.17, 15) is 4.79 Å². The Morgan fingerprint density at radius 3 is 2.92 bits per heavy atom. The van der Waals surface area contributed by atoms with Gasteiger partial charge in [-0.15, -0.1) is 0 Å². The number of carbonyl (C=O) groups is 1. The van der Waals surface area contributed by atoms with E-state index in [2.05, 4.69) is 10.3 Å². The molecule has 0 bridgehead atoms. The van der Waals surface area contributed by atoms with Crippen molar-refractivity contribution in [2.24, 2.45) is 0 Å². The van der Waals surface area contributed by atoms with Gasteiger partial charge in [-0.2, -0.15) is 0 Å². The van der Waals surface area contributed by atoms with Crippen LogP contribution in [0.25, 0.3) is 0 Å². The van der Waals surface area contributed by atoms with Crippen molar-refractivity contribution in [2.45, 2.75) is 20.0 Å². The van der Waals surface area contributed by atoms with Crippen LogP contribution in [0.4, 0.5) is 10.5 Å². The highest BCUT2D eigenvalue weighted by Gasteiger charge is 2.04. The number of aromatic nitrogens is 1. The molecule has 0 unspecified atom stereocenters. The Hall–Kier alpha value is -1.58. The van der Waals surface area contributed by atoms with Crippen LogP contribution in [0.1, 0.15) is 13.8 Å².